The van der Waals surface area contributed by atoms with Gasteiger partial charge in [-0.2, -0.15) is 0 Å². The molecule has 0 spiro atoms. The minimum Gasteiger partial charge on any atom is -0.381 e. The molecule has 26 heavy (non-hydrogen) atoms. The lowest BCUT2D eigenvalue weighted by molar-refractivity contribution is 0.177. The lowest BCUT2D eigenvalue weighted by atomic mass is 10.0. The summed E-state index contributed by atoms with van der Waals surface area (Å²) in [5.41, 5.74) is 2.02. The summed E-state index contributed by atoms with van der Waals surface area (Å²) >= 11 is 0. The molecule has 2 aromatic heterocycles. The summed E-state index contributed by atoms with van der Waals surface area (Å²) < 4.78 is 12.5. The van der Waals surface area contributed by atoms with E-state index in [0.29, 0.717) is 31.5 Å². The molecule has 1 unspecified atom stereocenters. The van der Waals surface area contributed by atoms with Crippen molar-refractivity contribution in [2.24, 2.45) is 0 Å². The van der Waals surface area contributed by atoms with Crippen molar-refractivity contribution in [3.05, 3.63) is 51.8 Å². The Morgan fingerprint density at radius 2 is 2.27 bits per heavy atom. The van der Waals surface area contributed by atoms with Crippen molar-refractivity contribution >= 4 is 5.82 Å². The first-order valence-electron chi connectivity index (χ1n) is 9.02. The van der Waals surface area contributed by atoms with Crippen LogP contribution in [0.5, 0.6) is 0 Å². The van der Waals surface area contributed by atoms with E-state index in [1.807, 2.05) is 19.1 Å². The van der Waals surface area contributed by atoms with E-state index < -0.39 is 0 Å². The number of nitrogens with one attached hydrogen (secondary N) is 1. The number of hydrogen-bond acceptors (Lipinski definition) is 6. The molecule has 0 bridgehead atoms. The maximum absolute atomic E-state index is 11.9. The van der Waals surface area contributed by atoms with Crippen molar-refractivity contribution in [2.45, 2.75) is 38.8 Å². The van der Waals surface area contributed by atoms with Gasteiger partial charge in [-0.25, -0.2) is 9.97 Å². The summed E-state index contributed by atoms with van der Waals surface area (Å²) in [4.78, 5) is 21.0. The van der Waals surface area contributed by atoms with Crippen LogP contribution in [0.4, 0.5) is 5.82 Å². The third-order valence-electron chi connectivity index (χ3n) is 4.55. The highest BCUT2D eigenvalue weighted by molar-refractivity contribution is 5.37. The molecule has 1 fully saturated rings. The first-order chi connectivity index (χ1) is 12.7. The number of pyridine rings is 1. The molecule has 1 aliphatic rings. The molecule has 3 heterocycles. The quantitative estimate of drug-likeness (QED) is 0.728. The molecule has 0 aliphatic carbocycles. The molecular formula is C19H26N4O3. The van der Waals surface area contributed by atoms with Crippen LogP contribution in [0.15, 0.2) is 29.1 Å². The van der Waals surface area contributed by atoms with Crippen LogP contribution in [-0.4, -0.2) is 41.4 Å². The van der Waals surface area contributed by atoms with E-state index in [2.05, 4.69) is 15.3 Å². The SMILES string of the molecule is COCc1nc(NCCCn2c(C)cccc2=O)cc(C2CCOC2)n1. The Hall–Kier alpha value is -2.25. The van der Waals surface area contributed by atoms with Gasteiger partial charge in [0.05, 0.1) is 12.3 Å². The van der Waals surface area contributed by atoms with Gasteiger partial charge in [-0.1, -0.05) is 6.07 Å². The Morgan fingerprint density at radius 1 is 1.38 bits per heavy atom. The van der Waals surface area contributed by atoms with Crippen LogP contribution < -0.4 is 10.9 Å². The highest BCUT2D eigenvalue weighted by Gasteiger charge is 2.20. The van der Waals surface area contributed by atoms with Crippen LogP contribution in [-0.2, 0) is 22.6 Å². The lowest BCUT2D eigenvalue weighted by Crippen LogP contribution is -2.22. The van der Waals surface area contributed by atoms with E-state index in [9.17, 15) is 4.79 Å². The lowest BCUT2D eigenvalue weighted by Gasteiger charge is -2.13. The zero-order valence-corrected chi connectivity index (χ0v) is 15.4. The zero-order valence-electron chi connectivity index (χ0n) is 15.4. The molecule has 1 aliphatic heterocycles. The van der Waals surface area contributed by atoms with Gasteiger partial charge in [0, 0.05) is 50.6 Å². The third kappa shape index (κ3) is 4.68. The van der Waals surface area contributed by atoms with Gasteiger partial charge in [-0.05, 0) is 25.8 Å². The van der Waals surface area contributed by atoms with Crippen LogP contribution in [0.2, 0.25) is 0 Å². The Morgan fingerprint density at radius 3 is 3.00 bits per heavy atom. The minimum absolute atomic E-state index is 0.0398. The summed E-state index contributed by atoms with van der Waals surface area (Å²) in [5.74, 6) is 1.79. The largest absolute Gasteiger partial charge is 0.381 e. The van der Waals surface area contributed by atoms with Crippen molar-refractivity contribution in [1.82, 2.24) is 14.5 Å². The number of aryl methyl sites for hydroxylation is 1. The standard InChI is InChI=1S/C19H26N4O3/c1-14-5-3-6-19(24)23(14)9-4-8-20-17-11-16(15-7-10-26-12-15)21-18(22-17)13-25-2/h3,5-6,11,15H,4,7-10,12-13H2,1-2H3,(H,20,21,22). The van der Waals surface area contributed by atoms with E-state index in [0.717, 1.165) is 43.2 Å². The van der Waals surface area contributed by atoms with Crippen LogP contribution in [0.1, 0.15) is 36.0 Å². The molecule has 1 atom stereocenters. The molecule has 7 nitrogen and oxygen atoms in total. The van der Waals surface area contributed by atoms with E-state index in [1.54, 1.807) is 23.8 Å². The Balaban J connectivity index is 1.62. The van der Waals surface area contributed by atoms with Crippen molar-refractivity contribution in [3.63, 3.8) is 0 Å². The van der Waals surface area contributed by atoms with Crippen molar-refractivity contribution in [3.8, 4) is 0 Å². The highest BCUT2D eigenvalue weighted by Crippen LogP contribution is 2.25. The number of nitrogens with zero attached hydrogens (tertiary/aromatic N) is 3. The van der Waals surface area contributed by atoms with Gasteiger partial charge >= 0.3 is 0 Å². The van der Waals surface area contributed by atoms with Crippen LogP contribution in [0.25, 0.3) is 0 Å². The summed E-state index contributed by atoms with van der Waals surface area (Å²) in [6.07, 6.45) is 1.81. The number of rotatable bonds is 8. The Bertz CT molecular complexity index is 785. The number of aromatic nitrogens is 3. The van der Waals surface area contributed by atoms with Gasteiger partial charge < -0.3 is 19.4 Å². The predicted molar refractivity (Wildman–Crippen MR) is 99.5 cm³/mol. The molecule has 1 N–H and O–H groups in total. The van der Waals surface area contributed by atoms with E-state index in [4.69, 9.17) is 9.47 Å². The number of ether oxygens (including phenoxy) is 2. The maximum atomic E-state index is 11.9. The summed E-state index contributed by atoms with van der Waals surface area (Å²) in [7, 11) is 1.64. The normalized spacial score (nSPS) is 16.8. The van der Waals surface area contributed by atoms with E-state index in [1.165, 1.54) is 0 Å². The van der Waals surface area contributed by atoms with Gasteiger partial charge in [0.1, 0.15) is 12.4 Å². The molecular weight excluding hydrogens is 332 g/mol. The van der Waals surface area contributed by atoms with Crippen LogP contribution in [0.3, 0.4) is 0 Å². The minimum atomic E-state index is 0.0398. The molecule has 0 radical (unpaired) electrons. The second-order valence-corrected chi connectivity index (χ2v) is 6.53. The Kier molecular flexibility index (Phi) is 6.35. The van der Waals surface area contributed by atoms with E-state index >= 15 is 0 Å². The number of anilines is 1. The van der Waals surface area contributed by atoms with Gasteiger partial charge in [0.2, 0.25) is 0 Å². The fourth-order valence-electron chi connectivity index (χ4n) is 3.14. The molecule has 0 saturated carbocycles. The topological polar surface area (TPSA) is 78.3 Å². The van der Waals surface area contributed by atoms with Crippen LogP contribution >= 0.6 is 0 Å². The molecule has 7 heteroatoms. The predicted octanol–water partition coefficient (Wildman–Crippen LogP) is 2.10. The van der Waals surface area contributed by atoms with Crippen molar-refractivity contribution in [1.29, 1.82) is 0 Å². The van der Waals surface area contributed by atoms with Gasteiger partial charge in [0.15, 0.2) is 5.82 Å². The van der Waals surface area contributed by atoms with Gasteiger partial charge in [-0.3, -0.25) is 4.79 Å². The van der Waals surface area contributed by atoms with E-state index in [-0.39, 0.29) is 5.56 Å². The summed E-state index contributed by atoms with van der Waals surface area (Å²) in [6.45, 7) is 5.23. The van der Waals surface area contributed by atoms with Crippen molar-refractivity contribution in [2.75, 3.05) is 32.2 Å². The van der Waals surface area contributed by atoms with Crippen molar-refractivity contribution < 1.29 is 9.47 Å². The molecule has 3 rings (SSSR count). The fraction of sp³-hybridized carbons (Fsp3) is 0.526. The average Bonchev–Trinajstić information content (AvgIpc) is 3.15. The highest BCUT2D eigenvalue weighted by atomic mass is 16.5. The molecule has 0 amide bonds. The zero-order chi connectivity index (χ0) is 18.4. The molecule has 1 saturated heterocycles. The number of hydrogen-bond donors (Lipinski definition) is 1. The maximum Gasteiger partial charge on any atom is 0.250 e. The second-order valence-electron chi connectivity index (χ2n) is 6.53. The van der Waals surface area contributed by atoms with Gasteiger partial charge in [-0.15, -0.1) is 0 Å². The monoisotopic (exact) mass is 358 g/mol. The first-order valence-corrected chi connectivity index (χ1v) is 9.02. The smallest absolute Gasteiger partial charge is 0.250 e. The molecule has 140 valence electrons. The third-order valence-corrected chi connectivity index (χ3v) is 4.55. The van der Waals surface area contributed by atoms with Gasteiger partial charge in [0.25, 0.3) is 5.56 Å². The fourth-order valence-corrected chi connectivity index (χ4v) is 3.14. The Labute approximate surface area is 153 Å². The average molecular weight is 358 g/mol. The summed E-state index contributed by atoms with van der Waals surface area (Å²) in [6, 6.07) is 7.33. The number of methoxy groups -OCH3 is 1. The molecule has 2 aromatic rings. The van der Waals surface area contributed by atoms with Crippen LogP contribution in [0, 0.1) is 6.92 Å². The summed E-state index contributed by atoms with van der Waals surface area (Å²) in [5, 5.41) is 3.35. The first kappa shape index (κ1) is 18.5. The molecule has 0 aromatic carbocycles. The second kappa shape index (κ2) is 8.91.